The zero-order chi connectivity index (χ0) is 12.3. The van der Waals surface area contributed by atoms with E-state index >= 15 is 0 Å². The van der Waals surface area contributed by atoms with E-state index < -0.39 is 10.0 Å². The minimum atomic E-state index is -3.59. The van der Waals surface area contributed by atoms with Crippen molar-refractivity contribution in [3.05, 3.63) is 23.5 Å². The minimum Gasteiger partial charge on any atom is -0.379 e. The van der Waals surface area contributed by atoms with Crippen LogP contribution >= 0.6 is 11.6 Å². The maximum absolute atomic E-state index is 12.0. The molecular weight excluding hydrogens is 266 g/mol. The molecule has 0 radical (unpaired) electrons. The van der Waals surface area contributed by atoms with E-state index in [2.05, 4.69) is 9.82 Å². The zero-order valence-corrected chi connectivity index (χ0v) is 10.5. The van der Waals surface area contributed by atoms with Gasteiger partial charge < -0.3 is 4.74 Å². The van der Waals surface area contributed by atoms with Crippen LogP contribution in [0.3, 0.4) is 0 Å². The van der Waals surface area contributed by atoms with Crippen LogP contribution in [0.25, 0.3) is 0 Å². The van der Waals surface area contributed by atoms with Gasteiger partial charge >= 0.3 is 0 Å². The lowest BCUT2D eigenvalue weighted by Gasteiger charge is -2.26. The molecule has 1 aromatic rings. The molecule has 0 aromatic carbocycles. The summed E-state index contributed by atoms with van der Waals surface area (Å²) in [6.45, 7) is 2.08. The van der Waals surface area contributed by atoms with E-state index in [0.717, 1.165) is 0 Å². The predicted octanol–water partition coefficient (Wildman–Crippen LogP) is 0.261. The van der Waals surface area contributed by atoms with E-state index in [0.29, 0.717) is 26.3 Å². The Balaban J connectivity index is 2.13. The molecule has 1 N–H and O–H groups in total. The first-order valence-electron chi connectivity index (χ1n) is 5.05. The molecule has 0 atom stereocenters. The van der Waals surface area contributed by atoms with Gasteiger partial charge in [-0.2, -0.15) is 0 Å². The molecule has 8 heteroatoms. The number of rotatable bonds is 3. The number of hydrazine groups is 1. The molecule has 6 nitrogen and oxygen atoms in total. The van der Waals surface area contributed by atoms with Crippen molar-refractivity contribution < 1.29 is 13.2 Å². The Morgan fingerprint density at radius 3 is 2.76 bits per heavy atom. The molecule has 94 valence electrons. The summed E-state index contributed by atoms with van der Waals surface area (Å²) in [7, 11) is -3.59. The lowest BCUT2D eigenvalue weighted by Crippen LogP contribution is -2.48. The number of sulfonamides is 1. The molecule has 0 saturated carbocycles. The van der Waals surface area contributed by atoms with Crippen LogP contribution in [0.5, 0.6) is 0 Å². The number of hydrogen-bond donors (Lipinski definition) is 1. The number of aromatic nitrogens is 1. The molecule has 1 aliphatic rings. The fraction of sp³-hybridized carbons (Fsp3) is 0.444. The van der Waals surface area contributed by atoms with Crippen molar-refractivity contribution in [3.8, 4) is 0 Å². The van der Waals surface area contributed by atoms with Crippen molar-refractivity contribution in [3.63, 3.8) is 0 Å². The molecule has 0 bridgehead atoms. The lowest BCUT2D eigenvalue weighted by molar-refractivity contribution is 0.0272. The zero-order valence-electron chi connectivity index (χ0n) is 8.97. The topological polar surface area (TPSA) is 71.5 Å². The molecule has 1 fully saturated rings. The maximum Gasteiger partial charge on any atom is 0.253 e. The first-order chi connectivity index (χ1) is 8.08. The fourth-order valence-corrected chi connectivity index (χ4v) is 2.80. The smallest absolute Gasteiger partial charge is 0.253 e. The van der Waals surface area contributed by atoms with Crippen molar-refractivity contribution in [1.29, 1.82) is 0 Å². The Labute approximate surface area is 105 Å². The molecule has 1 aromatic heterocycles. The van der Waals surface area contributed by atoms with Crippen LogP contribution in [-0.2, 0) is 14.8 Å². The summed E-state index contributed by atoms with van der Waals surface area (Å²) >= 11 is 5.66. The molecule has 1 saturated heterocycles. The van der Waals surface area contributed by atoms with E-state index in [1.54, 1.807) is 5.01 Å². The van der Waals surface area contributed by atoms with E-state index in [4.69, 9.17) is 16.3 Å². The van der Waals surface area contributed by atoms with Gasteiger partial charge in [0.25, 0.3) is 10.0 Å². The van der Waals surface area contributed by atoms with Gasteiger partial charge in [0, 0.05) is 19.3 Å². The summed E-state index contributed by atoms with van der Waals surface area (Å²) < 4.78 is 29.1. The second-order valence-corrected chi connectivity index (χ2v) is 5.56. The van der Waals surface area contributed by atoms with Crippen molar-refractivity contribution in [1.82, 2.24) is 14.8 Å². The lowest BCUT2D eigenvalue weighted by atomic mass is 10.5. The van der Waals surface area contributed by atoms with E-state index in [9.17, 15) is 8.42 Å². The van der Waals surface area contributed by atoms with Gasteiger partial charge in [-0.05, 0) is 12.1 Å². The summed E-state index contributed by atoms with van der Waals surface area (Å²) in [5.41, 5.74) is 0. The maximum atomic E-state index is 12.0. The van der Waals surface area contributed by atoms with E-state index in [1.165, 1.54) is 18.3 Å². The van der Waals surface area contributed by atoms with Gasteiger partial charge in [0.1, 0.15) is 5.15 Å². The van der Waals surface area contributed by atoms with Gasteiger partial charge in [0.05, 0.1) is 18.1 Å². The summed E-state index contributed by atoms with van der Waals surface area (Å²) in [4.78, 5) is 6.32. The molecule has 0 amide bonds. The van der Waals surface area contributed by atoms with Crippen LogP contribution < -0.4 is 4.83 Å². The Kier molecular flexibility index (Phi) is 3.95. The summed E-state index contributed by atoms with van der Waals surface area (Å²) in [6, 6.07) is 2.71. The average Bonchev–Trinajstić information content (AvgIpc) is 2.30. The van der Waals surface area contributed by atoms with Gasteiger partial charge in [0.2, 0.25) is 0 Å². The van der Waals surface area contributed by atoms with Gasteiger partial charge in [-0.25, -0.2) is 18.4 Å². The summed E-state index contributed by atoms with van der Waals surface area (Å²) in [5.74, 6) is 0. The van der Waals surface area contributed by atoms with Crippen LogP contribution in [0.2, 0.25) is 5.15 Å². The monoisotopic (exact) mass is 277 g/mol. The first-order valence-corrected chi connectivity index (χ1v) is 6.91. The van der Waals surface area contributed by atoms with Crippen LogP contribution in [0.15, 0.2) is 23.2 Å². The highest BCUT2D eigenvalue weighted by atomic mass is 35.5. The van der Waals surface area contributed by atoms with Gasteiger partial charge in [-0.3, -0.25) is 0 Å². The Bertz CT molecular complexity index is 488. The van der Waals surface area contributed by atoms with Crippen LogP contribution in [0.4, 0.5) is 0 Å². The second-order valence-electron chi connectivity index (χ2n) is 3.51. The number of nitrogens with zero attached hydrogens (tertiary/aromatic N) is 2. The normalized spacial score (nSPS) is 18.2. The Morgan fingerprint density at radius 2 is 2.12 bits per heavy atom. The molecule has 0 spiro atoms. The number of ether oxygens (including phenoxy) is 1. The largest absolute Gasteiger partial charge is 0.379 e. The Morgan fingerprint density at radius 1 is 1.41 bits per heavy atom. The van der Waals surface area contributed by atoms with E-state index in [1.807, 2.05) is 0 Å². The molecule has 1 aliphatic heterocycles. The third kappa shape index (κ3) is 3.36. The quantitative estimate of drug-likeness (QED) is 0.803. The standard InChI is InChI=1S/C9H12ClN3O3S/c10-9-7-8(1-2-11-9)17(14,15)12-13-3-5-16-6-4-13/h1-2,7,12H,3-6H2. The second kappa shape index (κ2) is 5.28. The van der Waals surface area contributed by atoms with Crippen LogP contribution in [-0.4, -0.2) is 44.7 Å². The molecule has 2 heterocycles. The number of pyridine rings is 1. The molecule has 2 rings (SSSR count). The Hall–Kier alpha value is -0.730. The van der Waals surface area contributed by atoms with Crippen molar-refractivity contribution >= 4 is 21.6 Å². The number of hydrogen-bond acceptors (Lipinski definition) is 5. The van der Waals surface area contributed by atoms with Gasteiger partial charge in [-0.1, -0.05) is 11.6 Å². The first kappa shape index (κ1) is 12.7. The van der Waals surface area contributed by atoms with Crippen molar-refractivity contribution in [2.45, 2.75) is 4.90 Å². The van der Waals surface area contributed by atoms with E-state index in [-0.39, 0.29) is 10.0 Å². The van der Waals surface area contributed by atoms with Crippen molar-refractivity contribution in [2.24, 2.45) is 0 Å². The third-order valence-corrected chi connectivity index (χ3v) is 3.85. The number of nitrogens with one attached hydrogen (secondary N) is 1. The molecule has 17 heavy (non-hydrogen) atoms. The molecule has 0 unspecified atom stereocenters. The highest BCUT2D eigenvalue weighted by Gasteiger charge is 2.20. The van der Waals surface area contributed by atoms with Crippen molar-refractivity contribution in [2.75, 3.05) is 26.3 Å². The minimum absolute atomic E-state index is 0.101. The van der Waals surface area contributed by atoms with Crippen LogP contribution in [0, 0.1) is 0 Å². The highest BCUT2D eigenvalue weighted by Crippen LogP contribution is 2.13. The predicted molar refractivity (Wildman–Crippen MR) is 62.0 cm³/mol. The van der Waals surface area contributed by atoms with Gasteiger partial charge in [0.15, 0.2) is 0 Å². The summed E-state index contributed by atoms with van der Waals surface area (Å²) in [5, 5.41) is 1.75. The molecule has 0 aliphatic carbocycles. The molecular formula is C9H12ClN3O3S. The average molecular weight is 278 g/mol. The SMILES string of the molecule is O=S(=O)(NN1CCOCC1)c1ccnc(Cl)c1. The third-order valence-electron chi connectivity index (χ3n) is 2.27. The van der Waals surface area contributed by atoms with Crippen LogP contribution in [0.1, 0.15) is 0 Å². The summed E-state index contributed by atoms with van der Waals surface area (Å²) in [6.07, 6.45) is 1.36. The van der Waals surface area contributed by atoms with Gasteiger partial charge in [-0.15, -0.1) is 4.83 Å². The number of halogens is 1. The number of morpholine rings is 1. The highest BCUT2D eigenvalue weighted by molar-refractivity contribution is 7.89. The fourth-order valence-electron chi connectivity index (χ4n) is 1.43.